The van der Waals surface area contributed by atoms with Crippen LogP contribution in [0.4, 0.5) is 0 Å². The fourth-order valence-electron chi connectivity index (χ4n) is 2.01. The summed E-state index contributed by atoms with van der Waals surface area (Å²) in [5.41, 5.74) is -1.05. The maximum absolute atomic E-state index is 10.9. The lowest BCUT2D eigenvalue weighted by atomic mass is 10.1. The fourth-order valence-corrected chi connectivity index (χ4v) is 2.72. The van der Waals surface area contributed by atoms with E-state index in [0.717, 1.165) is 19.3 Å². The predicted octanol–water partition coefficient (Wildman–Crippen LogP) is 3.77. The quantitative estimate of drug-likeness (QED) is 0.436. The number of ether oxygens (including phenoxy) is 1. The number of hydrogen-bond donors (Lipinski definition) is 1. The molecule has 110 valence electrons. The second kappa shape index (κ2) is 10.8. The van der Waals surface area contributed by atoms with Crippen molar-refractivity contribution >= 4 is 10.1 Å². The van der Waals surface area contributed by atoms with Gasteiger partial charge in [-0.2, -0.15) is 8.42 Å². The van der Waals surface area contributed by atoms with Crippen LogP contribution < -0.4 is 0 Å². The molecule has 5 heteroatoms. The molecule has 0 rings (SSSR count). The summed E-state index contributed by atoms with van der Waals surface area (Å²) in [5.74, 6) is 0. The number of hydrogen-bond acceptors (Lipinski definition) is 3. The zero-order chi connectivity index (χ0) is 13.9. The van der Waals surface area contributed by atoms with Gasteiger partial charge in [0.25, 0.3) is 10.1 Å². The molecule has 4 nitrogen and oxygen atoms in total. The fraction of sp³-hybridized carbons (Fsp3) is 1.00. The summed E-state index contributed by atoms with van der Waals surface area (Å²) >= 11 is 0. The van der Waals surface area contributed by atoms with E-state index in [0.29, 0.717) is 6.42 Å². The van der Waals surface area contributed by atoms with E-state index in [-0.39, 0.29) is 0 Å². The molecule has 1 atom stereocenters. The van der Waals surface area contributed by atoms with Gasteiger partial charge in [0.05, 0.1) is 0 Å². The second-order valence-corrected chi connectivity index (χ2v) is 6.35. The summed E-state index contributed by atoms with van der Waals surface area (Å²) in [6.45, 7) is 2.21. The maximum atomic E-state index is 10.9. The molecule has 0 aromatic heterocycles. The summed E-state index contributed by atoms with van der Waals surface area (Å²) in [4.78, 5) is 0. The molecule has 0 aromatic carbocycles. The van der Waals surface area contributed by atoms with Gasteiger partial charge < -0.3 is 4.74 Å². The van der Waals surface area contributed by atoms with Crippen LogP contribution in [-0.4, -0.2) is 25.5 Å². The summed E-state index contributed by atoms with van der Waals surface area (Å²) in [6, 6.07) is 0. The third kappa shape index (κ3) is 9.85. The molecule has 0 spiro atoms. The Morgan fingerprint density at radius 3 is 1.78 bits per heavy atom. The lowest BCUT2D eigenvalue weighted by molar-refractivity contribution is 0.145. The molecular weight excluding hydrogens is 252 g/mol. The van der Waals surface area contributed by atoms with Gasteiger partial charge in [-0.1, -0.05) is 58.3 Å². The molecule has 1 N–H and O–H groups in total. The second-order valence-electron chi connectivity index (χ2n) is 4.80. The molecule has 0 radical (unpaired) electrons. The topological polar surface area (TPSA) is 63.6 Å². The third-order valence-corrected chi connectivity index (χ3v) is 4.23. The highest BCUT2D eigenvalue weighted by Crippen LogP contribution is 2.14. The van der Waals surface area contributed by atoms with Crippen LogP contribution in [0.25, 0.3) is 0 Å². The van der Waals surface area contributed by atoms with Crippen molar-refractivity contribution in [1.82, 2.24) is 0 Å². The maximum Gasteiger partial charge on any atom is 0.292 e. The van der Waals surface area contributed by atoms with Crippen LogP contribution in [0.1, 0.15) is 71.1 Å². The first-order chi connectivity index (χ1) is 8.52. The molecule has 0 aliphatic carbocycles. The number of unbranched alkanes of at least 4 members (excludes halogenated alkanes) is 8. The standard InChI is InChI=1S/C13H28O4S/c1-3-4-5-6-7-8-9-10-11-12-13(17-2)18(14,15)16/h13H,3-12H2,1-2H3,(H,14,15,16). The van der Waals surface area contributed by atoms with Crippen molar-refractivity contribution in [3.05, 3.63) is 0 Å². The van der Waals surface area contributed by atoms with E-state index in [1.54, 1.807) is 0 Å². The van der Waals surface area contributed by atoms with Gasteiger partial charge in [0.2, 0.25) is 0 Å². The molecule has 0 heterocycles. The summed E-state index contributed by atoms with van der Waals surface area (Å²) < 4.78 is 35.3. The van der Waals surface area contributed by atoms with Crippen LogP contribution in [0.2, 0.25) is 0 Å². The summed E-state index contributed by atoms with van der Waals surface area (Å²) in [7, 11) is -2.73. The highest BCUT2D eigenvalue weighted by molar-refractivity contribution is 7.86. The first-order valence-corrected chi connectivity index (χ1v) is 8.51. The van der Waals surface area contributed by atoms with Crippen molar-refractivity contribution in [1.29, 1.82) is 0 Å². The van der Waals surface area contributed by atoms with Gasteiger partial charge >= 0.3 is 0 Å². The van der Waals surface area contributed by atoms with Gasteiger partial charge in [0, 0.05) is 7.11 Å². The van der Waals surface area contributed by atoms with E-state index in [9.17, 15) is 8.42 Å². The third-order valence-electron chi connectivity index (χ3n) is 3.14. The SMILES string of the molecule is CCCCCCCCCCCC(OC)S(=O)(=O)O. The number of rotatable bonds is 12. The van der Waals surface area contributed by atoms with E-state index >= 15 is 0 Å². The van der Waals surface area contributed by atoms with Crippen molar-refractivity contribution in [3.63, 3.8) is 0 Å². The number of methoxy groups -OCH3 is 1. The minimum Gasteiger partial charge on any atom is -0.363 e. The lowest BCUT2D eigenvalue weighted by Gasteiger charge is -2.11. The van der Waals surface area contributed by atoms with E-state index in [2.05, 4.69) is 6.92 Å². The Kier molecular flexibility index (Phi) is 10.7. The monoisotopic (exact) mass is 280 g/mol. The summed E-state index contributed by atoms with van der Waals surface area (Å²) in [5, 5.41) is 0. The Morgan fingerprint density at radius 1 is 0.944 bits per heavy atom. The average molecular weight is 280 g/mol. The average Bonchev–Trinajstić information content (AvgIpc) is 2.30. The summed E-state index contributed by atoms with van der Waals surface area (Å²) in [6.07, 6.45) is 11.0. The van der Waals surface area contributed by atoms with E-state index < -0.39 is 15.6 Å². The lowest BCUT2D eigenvalue weighted by Crippen LogP contribution is -2.22. The van der Waals surface area contributed by atoms with Crippen molar-refractivity contribution in [2.45, 2.75) is 76.6 Å². The van der Waals surface area contributed by atoms with Crippen molar-refractivity contribution in [2.75, 3.05) is 7.11 Å². The van der Waals surface area contributed by atoms with Gasteiger partial charge in [-0.05, 0) is 12.8 Å². The highest BCUT2D eigenvalue weighted by atomic mass is 32.2. The minimum absolute atomic E-state index is 0.380. The van der Waals surface area contributed by atoms with Crippen molar-refractivity contribution in [2.24, 2.45) is 0 Å². The molecule has 0 aliphatic heterocycles. The van der Waals surface area contributed by atoms with E-state index in [4.69, 9.17) is 9.29 Å². The minimum atomic E-state index is -4.04. The molecule has 0 bridgehead atoms. The Labute approximate surface area is 112 Å². The molecule has 1 unspecified atom stereocenters. The zero-order valence-corrected chi connectivity index (χ0v) is 12.5. The zero-order valence-electron chi connectivity index (χ0n) is 11.7. The Morgan fingerprint density at radius 2 is 1.39 bits per heavy atom. The smallest absolute Gasteiger partial charge is 0.292 e. The molecule has 0 saturated heterocycles. The van der Waals surface area contributed by atoms with Crippen LogP contribution in [0.3, 0.4) is 0 Å². The van der Waals surface area contributed by atoms with Gasteiger partial charge in [0.1, 0.15) is 0 Å². The first kappa shape index (κ1) is 17.9. The van der Waals surface area contributed by atoms with Gasteiger partial charge in [-0.3, -0.25) is 4.55 Å². The molecule has 0 fully saturated rings. The van der Waals surface area contributed by atoms with Crippen LogP contribution in [-0.2, 0) is 14.9 Å². The first-order valence-electron chi connectivity index (χ1n) is 7.01. The molecule has 0 amide bonds. The largest absolute Gasteiger partial charge is 0.363 e. The Bertz CT molecular complexity index is 275. The van der Waals surface area contributed by atoms with Crippen LogP contribution in [0, 0.1) is 0 Å². The molecule has 0 aliphatic rings. The van der Waals surface area contributed by atoms with Gasteiger partial charge in [0.15, 0.2) is 5.44 Å². The molecule has 18 heavy (non-hydrogen) atoms. The normalized spacial score (nSPS) is 13.7. The molecule has 0 aromatic rings. The Balaban J connectivity index is 3.39. The van der Waals surface area contributed by atoms with Crippen molar-refractivity contribution < 1.29 is 17.7 Å². The molecule has 0 saturated carbocycles. The van der Waals surface area contributed by atoms with Gasteiger partial charge in [-0.25, -0.2) is 0 Å². The molecular formula is C13H28O4S. The van der Waals surface area contributed by atoms with Crippen molar-refractivity contribution in [3.8, 4) is 0 Å². The predicted molar refractivity (Wildman–Crippen MR) is 74.2 cm³/mol. The van der Waals surface area contributed by atoms with Crippen LogP contribution >= 0.6 is 0 Å². The highest BCUT2D eigenvalue weighted by Gasteiger charge is 2.21. The van der Waals surface area contributed by atoms with Crippen LogP contribution in [0.15, 0.2) is 0 Å². The Hall–Kier alpha value is -0.130. The van der Waals surface area contributed by atoms with Crippen LogP contribution in [0.5, 0.6) is 0 Å². The van der Waals surface area contributed by atoms with E-state index in [1.807, 2.05) is 0 Å². The van der Waals surface area contributed by atoms with E-state index in [1.165, 1.54) is 45.6 Å². The van der Waals surface area contributed by atoms with Gasteiger partial charge in [-0.15, -0.1) is 0 Å².